The quantitative estimate of drug-likeness (QED) is 0.691. The van der Waals surface area contributed by atoms with Crippen molar-refractivity contribution in [3.05, 3.63) is 10.1 Å². The molecule has 3 saturated carbocycles. The van der Waals surface area contributed by atoms with E-state index in [-0.39, 0.29) is 22.4 Å². The molecule has 3 fully saturated rings. The first-order valence-corrected chi connectivity index (χ1v) is 10.6. The van der Waals surface area contributed by atoms with E-state index in [0.717, 1.165) is 43.0 Å². The molecule has 6 unspecified atom stereocenters. The van der Waals surface area contributed by atoms with E-state index in [0.29, 0.717) is 30.6 Å². The highest BCUT2D eigenvalue weighted by Crippen LogP contribution is 2.68. The molecule has 0 aromatic rings. The van der Waals surface area contributed by atoms with Crippen molar-refractivity contribution in [2.24, 2.45) is 28.6 Å². The molecule has 0 aromatic heterocycles. The summed E-state index contributed by atoms with van der Waals surface area (Å²) < 4.78 is 0.847. The molecular weight excluding hydrogens is 380 g/mol. The third kappa shape index (κ3) is 2.13. The van der Waals surface area contributed by atoms with Gasteiger partial charge in [0.25, 0.3) is 0 Å². The molecule has 3 nitrogen and oxygen atoms in total. The Bertz CT molecular complexity index is 683. The summed E-state index contributed by atoms with van der Waals surface area (Å²) in [6, 6.07) is 0. The van der Waals surface area contributed by atoms with Crippen LogP contribution in [0.25, 0.3) is 0 Å². The summed E-state index contributed by atoms with van der Waals surface area (Å²) in [7, 11) is 0. The lowest BCUT2D eigenvalue weighted by Crippen LogP contribution is -2.57. The highest BCUT2D eigenvalue weighted by Gasteiger charge is 2.65. The van der Waals surface area contributed by atoms with E-state index in [1.54, 1.807) is 6.92 Å². The number of Topliss-reactive ketones (excluding diaryl/α,β-unsaturated/α-hetero) is 2. The number of rotatable bonds is 1. The third-order valence-corrected chi connectivity index (χ3v) is 9.71. The molecular formula is C21H29BrO3. The molecule has 0 aromatic carbocycles. The van der Waals surface area contributed by atoms with Gasteiger partial charge in [0.2, 0.25) is 0 Å². The smallest absolute Gasteiger partial charge is 0.169 e. The number of hydrogen-bond acceptors (Lipinski definition) is 3. The van der Waals surface area contributed by atoms with Crippen LogP contribution < -0.4 is 0 Å². The van der Waals surface area contributed by atoms with Crippen LogP contribution in [0.1, 0.15) is 72.1 Å². The Morgan fingerprint density at radius 3 is 2.44 bits per heavy atom. The Morgan fingerprint density at radius 2 is 1.76 bits per heavy atom. The van der Waals surface area contributed by atoms with Crippen molar-refractivity contribution in [3.8, 4) is 0 Å². The summed E-state index contributed by atoms with van der Waals surface area (Å²) in [4.78, 5) is 24.4. The molecule has 0 amide bonds. The maximum absolute atomic E-state index is 12.3. The fourth-order valence-electron chi connectivity index (χ4n) is 7.24. The SMILES string of the molecule is CC(=O)C1(O)CCC2C3CCC4=C(Br)C(=O)CCC4(C)C3CCC21C. The number of hydrogen-bond donors (Lipinski definition) is 1. The van der Waals surface area contributed by atoms with Gasteiger partial charge in [-0.25, -0.2) is 0 Å². The van der Waals surface area contributed by atoms with Gasteiger partial charge in [0, 0.05) is 11.8 Å². The number of fused-ring (bicyclic) bond motifs is 5. The average Bonchev–Trinajstić information content (AvgIpc) is 2.84. The molecule has 0 bridgehead atoms. The molecule has 0 heterocycles. The van der Waals surface area contributed by atoms with E-state index in [1.807, 2.05) is 0 Å². The fourth-order valence-corrected chi connectivity index (χ4v) is 8.09. The van der Waals surface area contributed by atoms with Gasteiger partial charge in [0.1, 0.15) is 5.60 Å². The number of halogens is 1. The van der Waals surface area contributed by atoms with Crippen molar-refractivity contribution >= 4 is 27.5 Å². The minimum absolute atomic E-state index is 0.0513. The third-order valence-electron chi connectivity index (χ3n) is 8.79. The number of allylic oxidation sites excluding steroid dienone is 1. The molecule has 0 spiro atoms. The van der Waals surface area contributed by atoms with Crippen LogP contribution in [0, 0.1) is 28.6 Å². The maximum atomic E-state index is 12.3. The lowest BCUT2D eigenvalue weighted by Gasteiger charge is -2.59. The van der Waals surface area contributed by atoms with Gasteiger partial charge >= 0.3 is 0 Å². The van der Waals surface area contributed by atoms with Crippen molar-refractivity contribution in [2.45, 2.75) is 77.7 Å². The molecule has 4 heteroatoms. The topological polar surface area (TPSA) is 54.4 Å². The van der Waals surface area contributed by atoms with Crippen LogP contribution in [0.2, 0.25) is 0 Å². The second kappa shape index (κ2) is 5.51. The average molecular weight is 409 g/mol. The largest absolute Gasteiger partial charge is 0.382 e. The van der Waals surface area contributed by atoms with Gasteiger partial charge in [-0.05, 0) is 96.5 Å². The Morgan fingerprint density at radius 1 is 1.08 bits per heavy atom. The van der Waals surface area contributed by atoms with Gasteiger partial charge in [-0.2, -0.15) is 0 Å². The zero-order valence-electron chi connectivity index (χ0n) is 15.5. The van der Waals surface area contributed by atoms with Crippen LogP contribution in [0.4, 0.5) is 0 Å². The molecule has 0 saturated heterocycles. The van der Waals surface area contributed by atoms with Crippen LogP contribution >= 0.6 is 15.9 Å². The van der Waals surface area contributed by atoms with Crippen molar-refractivity contribution in [2.75, 3.05) is 0 Å². The van der Waals surface area contributed by atoms with E-state index >= 15 is 0 Å². The number of carbonyl (C=O) groups excluding carboxylic acids is 2. The Balaban J connectivity index is 1.72. The standard InChI is InChI=1S/C21H29BrO3/c1-12(23)21(25)11-7-15-13-4-5-16-18(22)17(24)8-9-19(16,2)14(13)6-10-20(15,21)3/h13-15,25H,4-11H2,1-3H3. The Labute approximate surface area is 158 Å². The Kier molecular flexibility index (Phi) is 3.95. The molecule has 4 aliphatic carbocycles. The highest BCUT2D eigenvalue weighted by atomic mass is 79.9. The number of carbonyl (C=O) groups is 2. The minimum Gasteiger partial charge on any atom is -0.382 e. The summed E-state index contributed by atoms with van der Waals surface area (Å²) in [6.45, 7) is 6.09. The monoisotopic (exact) mass is 408 g/mol. The van der Waals surface area contributed by atoms with Crippen LogP contribution in [-0.4, -0.2) is 22.3 Å². The molecule has 138 valence electrons. The first-order valence-electron chi connectivity index (χ1n) is 9.81. The minimum atomic E-state index is -1.14. The summed E-state index contributed by atoms with van der Waals surface area (Å²) in [6.07, 6.45) is 7.23. The second-order valence-electron chi connectivity index (χ2n) is 9.46. The van der Waals surface area contributed by atoms with E-state index in [2.05, 4.69) is 29.8 Å². The predicted octanol–water partition coefficient (Wildman–Crippen LogP) is 4.56. The van der Waals surface area contributed by atoms with Crippen LogP contribution in [0.15, 0.2) is 10.1 Å². The molecule has 4 rings (SSSR count). The van der Waals surface area contributed by atoms with Gasteiger partial charge in [0.05, 0.1) is 4.48 Å². The fraction of sp³-hybridized carbons (Fsp3) is 0.810. The van der Waals surface area contributed by atoms with Crippen LogP contribution in [0.3, 0.4) is 0 Å². The van der Waals surface area contributed by atoms with E-state index in [1.165, 1.54) is 5.57 Å². The lowest BCUT2D eigenvalue weighted by atomic mass is 9.46. The number of aliphatic hydroxyl groups is 1. The molecule has 25 heavy (non-hydrogen) atoms. The van der Waals surface area contributed by atoms with Gasteiger partial charge in [0.15, 0.2) is 11.6 Å². The van der Waals surface area contributed by atoms with Crippen LogP contribution in [-0.2, 0) is 9.59 Å². The van der Waals surface area contributed by atoms with Crippen molar-refractivity contribution in [1.82, 2.24) is 0 Å². The van der Waals surface area contributed by atoms with E-state index in [9.17, 15) is 14.7 Å². The summed E-state index contributed by atoms with van der Waals surface area (Å²) in [5.41, 5.74) is 0.0316. The van der Waals surface area contributed by atoms with Crippen molar-refractivity contribution in [1.29, 1.82) is 0 Å². The zero-order valence-corrected chi connectivity index (χ0v) is 17.1. The van der Waals surface area contributed by atoms with Crippen molar-refractivity contribution < 1.29 is 14.7 Å². The van der Waals surface area contributed by atoms with Gasteiger partial charge in [-0.3, -0.25) is 9.59 Å². The highest BCUT2D eigenvalue weighted by molar-refractivity contribution is 9.12. The summed E-state index contributed by atoms with van der Waals surface area (Å²) in [5.74, 6) is 1.77. The first kappa shape index (κ1) is 17.9. The van der Waals surface area contributed by atoms with Gasteiger partial charge < -0.3 is 5.11 Å². The first-order chi connectivity index (χ1) is 11.6. The van der Waals surface area contributed by atoms with E-state index in [4.69, 9.17) is 0 Å². The lowest BCUT2D eigenvalue weighted by molar-refractivity contribution is -0.160. The molecule has 0 radical (unpaired) electrons. The van der Waals surface area contributed by atoms with Gasteiger partial charge in [-0.15, -0.1) is 0 Å². The molecule has 6 atom stereocenters. The van der Waals surface area contributed by atoms with Crippen molar-refractivity contribution in [3.63, 3.8) is 0 Å². The molecule has 0 aliphatic heterocycles. The molecule has 4 aliphatic rings. The van der Waals surface area contributed by atoms with E-state index < -0.39 is 5.60 Å². The maximum Gasteiger partial charge on any atom is 0.169 e. The Hall–Kier alpha value is -0.480. The zero-order chi connectivity index (χ0) is 18.2. The summed E-state index contributed by atoms with van der Waals surface area (Å²) in [5, 5.41) is 11.2. The molecule has 1 N–H and O–H groups in total. The predicted molar refractivity (Wildman–Crippen MR) is 100 cm³/mol. The van der Waals surface area contributed by atoms with Crippen LogP contribution in [0.5, 0.6) is 0 Å². The second-order valence-corrected chi connectivity index (χ2v) is 10.3. The summed E-state index contributed by atoms with van der Waals surface area (Å²) >= 11 is 3.60. The normalized spacial score (nSPS) is 49.5. The van der Waals surface area contributed by atoms with Gasteiger partial charge in [-0.1, -0.05) is 13.8 Å². The number of ketones is 2.